The van der Waals surface area contributed by atoms with Crippen LogP contribution in [-0.2, 0) is 4.79 Å². The molecule has 0 bridgehead atoms. The second-order valence-electron chi connectivity index (χ2n) is 7.13. The maximum absolute atomic E-state index is 14.0. The molecule has 0 aliphatic carbocycles. The number of guanidine groups is 1. The molecular weight excluding hydrogens is 545 g/mol. The Kier molecular flexibility index (Phi) is 8.64. The number of carbonyl (C=O) groups is 1. The van der Waals surface area contributed by atoms with Crippen LogP contribution in [-0.4, -0.2) is 64.0 Å². The van der Waals surface area contributed by atoms with E-state index in [0.717, 1.165) is 17.1 Å². The van der Waals surface area contributed by atoms with E-state index in [4.69, 9.17) is 23.2 Å². The number of nitriles is 1. The third-order valence-corrected chi connectivity index (χ3v) is 5.40. The number of hydrazone groups is 1. The average molecular weight is 562 g/mol. The number of hydrogen-bond acceptors (Lipinski definition) is 7. The fraction of sp³-hybridized carbons (Fsp3) is 0.238. The minimum Gasteiger partial charge on any atom is -0.406 e. The van der Waals surface area contributed by atoms with Gasteiger partial charge in [0.05, 0.1) is 15.7 Å². The lowest BCUT2D eigenvalue weighted by molar-refractivity contribution is -0.274. The molecule has 2 aromatic rings. The minimum absolute atomic E-state index is 0.105. The number of hydrazine groups is 1. The first-order valence-electron chi connectivity index (χ1n) is 10.3. The quantitative estimate of drug-likeness (QED) is 0.181. The molecular formula is C21H17Cl2F4N7O3. The predicted molar refractivity (Wildman–Crippen MR) is 125 cm³/mol. The zero-order chi connectivity index (χ0) is 27.3. The first-order valence-corrected chi connectivity index (χ1v) is 11.0. The number of hydrogen-bond donors (Lipinski definition) is 2. The number of amidine groups is 1. The molecule has 2 aromatic carbocycles. The van der Waals surface area contributed by atoms with Crippen LogP contribution in [0.15, 0.2) is 46.5 Å². The summed E-state index contributed by atoms with van der Waals surface area (Å²) in [6, 6.07) is 6.65. The summed E-state index contributed by atoms with van der Waals surface area (Å²) in [6.45, 7) is 0.680. The number of aliphatic hydroxyl groups is 1. The lowest BCUT2D eigenvalue weighted by Gasteiger charge is -2.32. The number of ether oxygens (including phenoxy) is 1. The zero-order valence-electron chi connectivity index (χ0n) is 18.8. The van der Waals surface area contributed by atoms with Crippen molar-refractivity contribution in [3.63, 3.8) is 0 Å². The second-order valence-corrected chi connectivity index (χ2v) is 7.94. The largest absolute Gasteiger partial charge is 0.573 e. The summed E-state index contributed by atoms with van der Waals surface area (Å²) >= 11 is 12.1. The maximum atomic E-state index is 14.0. The Hall–Kier alpha value is -3.80. The topological polar surface area (TPSA) is 117 Å². The normalized spacial score (nSPS) is 13.8. The molecule has 1 aliphatic heterocycles. The van der Waals surface area contributed by atoms with E-state index in [2.05, 4.69) is 20.1 Å². The fourth-order valence-electron chi connectivity index (χ4n) is 3.23. The zero-order valence-corrected chi connectivity index (χ0v) is 20.3. The first-order chi connectivity index (χ1) is 17.4. The van der Waals surface area contributed by atoms with Crippen LogP contribution in [0.5, 0.6) is 5.75 Å². The summed E-state index contributed by atoms with van der Waals surface area (Å²) in [7, 11) is 0. The highest BCUT2D eigenvalue weighted by molar-refractivity contribution is 6.42. The molecule has 0 saturated heterocycles. The Labute approximate surface area is 217 Å². The van der Waals surface area contributed by atoms with Crippen LogP contribution in [0.25, 0.3) is 0 Å². The van der Waals surface area contributed by atoms with E-state index in [1.807, 2.05) is 0 Å². The van der Waals surface area contributed by atoms with Gasteiger partial charge in [0.25, 0.3) is 5.91 Å². The number of benzene rings is 2. The van der Waals surface area contributed by atoms with E-state index in [0.29, 0.717) is 11.6 Å². The summed E-state index contributed by atoms with van der Waals surface area (Å²) < 4.78 is 55.5. The number of aliphatic imine (C=N–C) groups is 1. The fourth-order valence-corrected chi connectivity index (χ4v) is 3.53. The summed E-state index contributed by atoms with van der Waals surface area (Å²) in [6.07, 6.45) is -3.45. The molecule has 37 heavy (non-hydrogen) atoms. The van der Waals surface area contributed by atoms with Crippen molar-refractivity contribution >= 4 is 46.6 Å². The molecule has 0 fully saturated rings. The van der Waals surface area contributed by atoms with E-state index in [1.54, 1.807) is 19.2 Å². The highest BCUT2D eigenvalue weighted by atomic mass is 35.5. The van der Waals surface area contributed by atoms with Crippen LogP contribution < -0.4 is 10.1 Å². The monoisotopic (exact) mass is 561 g/mol. The Bertz CT molecular complexity index is 1280. The molecule has 2 N–H and O–H groups in total. The van der Waals surface area contributed by atoms with Gasteiger partial charge >= 0.3 is 6.36 Å². The highest BCUT2D eigenvalue weighted by Gasteiger charge is 2.34. The number of halogens is 6. The SMILES string of the molecule is CCN(C(=O)CO)N1CN(C(=Nc2cc(F)cc(OC(F)(F)F)c2)NC#N)N=C1c1ccc(Cl)c(Cl)c1. The van der Waals surface area contributed by atoms with Gasteiger partial charge in [-0.15, -0.1) is 18.3 Å². The van der Waals surface area contributed by atoms with E-state index in [-0.39, 0.29) is 40.7 Å². The van der Waals surface area contributed by atoms with Gasteiger partial charge in [-0.1, -0.05) is 23.2 Å². The third kappa shape index (κ3) is 6.91. The van der Waals surface area contributed by atoms with Gasteiger partial charge in [-0.05, 0) is 31.2 Å². The van der Waals surface area contributed by atoms with Crippen molar-refractivity contribution in [1.82, 2.24) is 20.3 Å². The molecule has 1 amide bonds. The molecule has 0 atom stereocenters. The summed E-state index contributed by atoms with van der Waals surface area (Å²) in [5.41, 5.74) is 0.0598. The number of amides is 1. The number of rotatable bonds is 6. The highest BCUT2D eigenvalue weighted by Crippen LogP contribution is 2.29. The average Bonchev–Trinajstić information content (AvgIpc) is 3.24. The van der Waals surface area contributed by atoms with Crippen LogP contribution in [0.4, 0.5) is 23.2 Å². The van der Waals surface area contributed by atoms with Gasteiger partial charge in [-0.25, -0.2) is 24.4 Å². The van der Waals surface area contributed by atoms with Crippen molar-refractivity contribution in [3.8, 4) is 11.9 Å². The van der Waals surface area contributed by atoms with Crippen molar-refractivity contribution in [1.29, 1.82) is 5.26 Å². The van der Waals surface area contributed by atoms with Crippen molar-refractivity contribution < 1.29 is 32.2 Å². The second kappa shape index (κ2) is 11.5. The summed E-state index contributed by atoms with van der Waals surface area (Å²) in [4.78, 5) is 16.4. The van der Waals surface area contributed by atoms with E-state index >= 15 is 0 Å². The van der Waals surface area contributed by atoms with E-state index < -0.39 is 30.4 Å². The molecule has 1 aliphatic rings. The Morgan fingerprint density at radius 1 is 1.30 bits per heavy atom. The molecule has 10 nitrogen and oxygen atoms in total. The number of nitrogens with one attached hydrogen (secondary N) is 1. The third-order valence-electron chi connectivity index (χ3n) is 4.66. The number of nitrogens with zero attached hydrogens (tertiary/aromatic N) is 6. The van der Waals surface area contributed by atoms with Gasteiger partial charge in [-0.3, -0.25) is 10.1 Å². The molecule has 3 rings (SSSR count). The Balaban J connectivity index is 2.08. The molecule has 16 heteroatoms. The Morgan fingerprint density at radius 2 is 2.03 bits per heavy atom. The summed E-state index contributed by atoms with van der Waals surface area (Å²) in [5.74, 6) is -2.81. The van der Waals surface area contributed by atoms with Gasteiger partial charge in [0.1, 0.15) is 24.8 Å². The predicted octanol–water partition coefficient (Wildman–Crippen LogP) is 3.78. The van der Waals surface area contributed by atoms with E-state index in [9.17, 15) is 32.7 Å². The Morgan fingerprint density at radius 3 is 2.62 bits per heavy atom. The van der Waals surface area contributed by atoms with Crippen LogP contribution in [0.3, 0.4) is 0 Å². The number of carbonyl (C=O) groups excluding carboxylic acids is 1. The number of aliphatic hydroxyl groups excluding tert-OH is 1. The van der Waals surface area contributed by atoms with Crippen LogP contribution in [0.2, 0.25) is 10.0 Å². The number of likely N-dealkylation sites (N-methyl/N-ethyl adjacent to an activating group) is 1. The smallest absolute Gasteiger partial charge is 0.406 e. The van der Waals surface area contributed by atoms with Crippen molar-refractivity contribution in [2.45, 2.75) is 13.3 Å². The number of alkyl halides is 3. The summed E-state index contributed by atoms with van der Waals surface area (Å²) in [5, 5.41) is 29.3. The van der Waals surface area contributed by atoms with Crippen molar-refractivity contribution in [2.24, 2.45) is 10.1 Å². The van der Waals surface area contributed by atoms with E-state index in [1.165, 1.54) is 22.2 Å². The van der Waals surface area contributed by atoms with Gasteiger partial charge in [0.2, 0.25) is 5.96 Å². The maximum Gasteiger partial charge on any atom is 0.573 e. The molecule has 0 unspecified atom stereocenters. The van der Waals surface area contributed by atoms with Crippen molar-refractivity contribution in [2.75, 3.05) is 19.8 Å². The van der Waals surface area contributed by atoms with Gasteiger partial charge < -0.3 is 9.84 Å². The van der Waals surface area contributed by atoms with Crippen molar-refractivity contribution in [3.05, 3.63) is 57.8 Å². The molecule has 1 heterocycles. The minimum atomic E-state index is -5.07. The van der Waals surface area contributed by atoms with Crippen LogP contribution in [0.1, 0.15) is 12.5 Å². The lowest BCUT2D eigenvalue weighted by Crippen LogP contribution is -2.51. The first kappa shape index (κ1) is 27.8. The van der Waals surface area contributed by atoms with Crippen LogP contribution >= 0.6 is 23.2 Å². The van der Waals surface area contributed by atoms with Gasteiger partial charge in [0, 0.05) is 24.2 Å². The molecule has 0 saturated carbocycles. The molecule has 0 radical (unpaired) electrons. The van der Waals surface area contributed by atoms with Crippen LogP contribution in [0, 0.1) is 17.3 Å². The molecule has 196 valence electrons. The van der Waals surface area contributed by atoms with Gasteiger partial charge in [-0.2, -0.15) is 5.26 Å². The standard InChI is InChI=1S/C21H17Cl2F4N7O3/c1-2-33(18(36)9-35)34-11-32(31-19(34)12-3-4-16(22)17(23)5-12)20(29-10-28)30-14-6-13(24)7-15(8-14)37-21(25,26)27/h3-8,35H,2,9,11H2,1H3,(H,29,30). The lowest BCUT2D eigenvalue weighted by atomic mass is 10.2. The molecule has 0 aromatic heterocycles. The van der Waals surface area contributed by atoms with Gasteiger partial charge in [0.15, 0.2) is 12.0 Å². The molecule has 0 spiro atoms.